The maximum Gasteiger partial charge on any atom is 0.171 e. The maximum absolute atomic E-state index is 14.0. The van der Waals surface area contributed by atoms with Gasteiger partial charge in [-0.05, 0) is 38.3 Å². The molecule has 1 aromatic carbocycles. The molecule has 0 atom stereocenters. The Morgan fingerprint density at radius 2 is 2.00 bits per heavy atom. The molecule has 2 rings (SSSR count). The number of nitrogens with one attached hydrogen (secondary N) is 1. The van der Waals surface area contributed by atoms with Crippen LogP contribution >= 0.6 is 0 Å². The van der Waals surface area contributed by atoms with Crippen LogP contribution in [0.1, 0.15) is 18.4 Å². The standard InChI is InChI=1S/C13H17F2NO2/c1-18-11-7-10(17)12(14)9(13(11)15)6-8-2-4-16-5-3-8/h7-8,16-17H,2-6H2,1H3. The summed E-state index contributed by atoms with van der Waals surface area (Å²) >= 11 is 0. The number of ether oxygens (including phenoxy) is 1. The molecular formula is C13H17F2NO2. The summed E-state index contributed by atoms with van der Waals surface area (Å²) in [5.74, 6) is -2.00. The number of halogens is 2. The van der Waals surface area contributed by atoms with E-state index in [1.165, 1.54) is 7.11 Å². The highest BCUT2D eigenvalue weighted by atomic mass is 19.1. The first kappa shape index (κ1) is 13.1. The van der Waals surface area contributed by atoms with Gasteiger partial charge in [-0.3, -0.25) is 0 Å². The van der Waals surface area contributed by atoms with Crippen LogP contribution in [0, 0.1) is 17.6 Å². The zero-order valence-corrected chi connectivity index (χ0v) is 10.3. The Bertz CT molecular complexity index is 431. The fraction of sp³-hybridized carbons (Fsp3) is 0.538. The minimum absolute atomic E-state index is 0.0706. The Hall–Kier alpha value is -1.36. The molecule has 100 valence electrons. The van der Waals surface area contributed by atoms with Gasteiger partial charge in [0.25, 0.3) is 0 Å². The molecule has 18 heavy (non-hydrogen) atoms. The van der Waals surface area contributed by atoms with E-state index in [0.717, 1.165) is 32.0 Å². The monoisotopic (exact) mass is 257 g/mol. The van der Waals surface area contributed by atoms with Gasteiger partial charge in [0, 0.05) is 11.6 Å². The van der Waals surface area contributed by atoms with E-state index < -0.39 is 17.4 Å². The van der Waals surface area contributed by atoms with Crippen LogP contribution < -0.4 is 10.1 Å². The fourth-order valence-electron chi connectivity index (χ4n) is 2.35. The Balaban J connectivity index is 2.27. The lowest BCUT2D eigenvalue weighted by atomic mass is 9.90. The molecule has 0 spiro atoms. The molecule has 0 saturated carbocycles. The van der Waals surface area contributed by atoms with E-state index in [-0.39, 0.29) is 17.2 Å². The van der Waals surface area contributed by atoms with Crippen molar-refractivity contribution in [3.8, 4) is 11.5 Å². The fourth-order valence-corrected chi connectivity index (χ4v) is 2.35. The van der Waals surface area contributed by atoms with E-state index >= 15 is 0 Å². The largest absolute Gasteiger partial charge is 0.505 e. The van der Waals surface area contributed by atoms with Crippen LogP contribution in [0.4, 0.5) is 8.78 Å². The Labute approximate surface area is 105 Å². The van der Waals surface area contributed by atoms with Crippen LogP contribution in [0.5, 0.6) is 11.5 Å². The summed E-state index contributed by atoms with van der Waals surface area (Å²) in [4.78, 5) is 0. The second-order valence-corrected chi connectivity index (χ2v) is 4.60. The first-order chi connectivity index (χ1) is 8.63. The van der Waals surface area contributed by atoms with Crippen molar-refractivity contribution in [2.45, 2.75) is 19.3 Å². The Kier molecular flexibility index (Phi) is 4.01. The normalized spacial score (nSPS) is 16.8. The molecule has 0 radical (unpaired) electrons. The third-order valence-corrected chi connectivity index (χ3v) is 3.41. The Morgan fingerprint density at radius 3 is 2.61 bits per heavy atom. The van der Waals surface area contributed by atoms with E-state index in [2.05, 4.69) is 5.32 Å². The van der Waals surface area contributed by atoms with Crippen molar-refractivity contribution >= 4 is 0 Å². The molecule has 0 amide bonds. The number of benzene rings is 1. The number of hydrogen-bond donors (Lipinski definition) is 2. The van der Waals surface area contributed by atoms with Gasteiger partial charge in [0.15, 0.2) is 23.1 Å². The van der Waals surface area contributed by atoms with Crippen LogP contribution in [0.15, 0.2) is 6.07 Å². The molecule has 1 aliphatic rings. The predicted molar refractivity (Wildman–Crippen MR) is 63.9 cm³/mol. The molecule has 1 aliphatic heterocycles. The molecular weight excluding hydrogens is 240 g/mol. The molecule has 0 unspecified atom stereocenters. The molecule has 1 fully saturated rings. The highest BCUT2D eigenvalue weighted by Crippen LogP contribution is 2.33. The van der Waals surface area contributed by atoms with Gasteiger partial charge < -0.3 is 15.2 Å². The van der Waals surface area contributed by atoms with Crippen molar-refractivity contribution in [3.05, 3.63) is 23.3 Å². The zero-order chi connectivity index (χ0) is 13.1. The number of piperidine rings is 1. The van der Waals surface area contributed by atoms with E-state index in [1.54, 1.807) is 0 Å². The SMILES string of the molecule is COc1cc(O)c(F)c(CC2CCNCC2)c1F. The second kappa shape index (κ2) is 5.52. The lowest BCUT2D eigenvalue weighted by Crippen LogP contribution is -2.29. The first-order valence-corrected chi connectivity index (χ1v) is 6.08. The van der Waals surface area contributed by atoms with Crippen LogP contribution in [0.3, 0.4) is 0 Å². The lowest BCUT2D eigenvalue weighted by molar-refractivity contribution is 0.342. The smallest absolute Gasteiger partial charge is 0.171 e. The average Bonchev–Trinajstić information content (AvgIpc) is 2.40. The van der Waals surface area contributed by atoms with E-state index in [1.807, 2.05) is 0 Å². The number of aromatic hydroxyl groups is 1. The average molecular weight is 257 g/mol. The number of hydrogen-bond acceptors (Lipinski definition) is 3. The van der Waals surface area contributed by atoms with Crippen molar-refractivity contribution in [1.82, 2.24) is 5.32 Å². The van der Waals surface area contributed by atoms with E-state index in [9.17, 15) is 13.9 Å². The maximum atomic E-state index is 14.0. The summed E-state index contributed by atoms with van der Waals surface area (Å²) < 4.78 is 32.5. The first-order valence-electron chi connectivity index (χ1n) is 6.08. The van der Waals surface area contributed by atoms with Gasteiger partial charge in [-0.1, -0.05) is 0 Å². The van der Waals surface area contributed by atoms with Crippen molar-refractivity contribution in [1.29, 1.82) is 0 Å². The molecule has 0 aromatic heterocycles. The minimum atomic E-state index is -0.869. The number of rotatable bonds is 3. The molecule has 0 aliphatic carbocycles. The van der Waals surface area contributed by atoms with Gasteiger partial charge in [0.2, 0.25) is 0 Å². The van der Waals surface area contributed by atoms with Crippen molar-refractivity contribution in [3.63, 3.8) is 0 Å². The third kappa shape index (κ3) is 2.56. The van der Waals surface area contributed by atoms with Gasteiger partial charge in [0.1, 0.15) is 0 Å². The lowest BCUT2D eigenvalue weighted by Gasteiger charge is -2.23. The summed E-state index contributed by atoms with van der Waals surface area (Å²) in [6.45, 7) is 1.73. The van der Waals surface area contributed by atoms with Crippen LogP contribution in [-0.2, 0) is 6.42 Å². The summed E-state index contributed by atoms with van der Waals surface area (Å²) in [7, 11) is 1.30. The highest BCUT2D eigenvalue weighted by Gasteiger charge is 2.23. The van der Waals surface area contributed by atoms with Gasteiger partial charge in [-0.25, -0.2) is 8.78 Å². The molecule has 1 saturated heterocycles. The minimum Gasteiger partial charge on any atom is -0.505 e. The quantitative estimate of drug-likeness (QED) is 0.872. The van der Waals surface area contributed by atoms with Crippen molar-refractivity contribution in [2.24, 2.45) is 5.92 Å². The summed E-state index contributed by atoms with van der Waals surface area (Å²) in [5, 5.41) is 12.6. The summed E-state index contributed by atoms with van der Waals surface area (Å²) in [6, 6.07) is 0.969. The third-order valence-electron chi connectivity index (χ3n) is 3.41. The van der Waals surface area contributed by atoms with Crippen LogP contribution in [0.25, 0.3) is 0 Å². The number of methoxy groups -OCH3 is 1. The second-order valence-electron chi connectivity index (χ2n) is 4.60. The van der Waals surface area contributed by atoms with Crippen molar-refractivity contribution < 1.29 is 18.6 Å². The van der Waals surface area contributed by atoms with Crippen molar-refractivity contribution in [2.75, 3.05) is 20.2 Å². The van der Waals surface area contributed by atoms with Gasteiger partial charge in [-0.2, -0.15) is 0 Å². The topological polar surface area (TPSA) is 41.5 Å². The van der Waals surface area contributed by atoms with Gasteiger partial charge in [-0.15, -0.1) is 0 Å². The van der Waals surface area contributed by atoms with E-state index in [4.69, 9.17) is 4.74 Å². The highest BCUT2D eigenvalue weighted by molar-refractivity contribution is 5.41. The van der Waals surface area contributed by atoms with Crippen LogP contribution in [0.2, 0.25) is 0 Å². The van der Waals surface area contributed by atoms with Gasteiger partial charge >= 0.3 is 0 Å². The molecule has 1 heterocycles. The molecule has 1 aromatic rings. The molecule has 3 nitrogen and oxygen atoms in total. The predicted octanol–water partition coefficient (Wildman–Crippen LogP) is 2.22. The zero-order valence-electron chi connectivity index (χ0n) is 10.3. The summed E-state index contributed by atoms with van der Waals surface area (Å²) in [6.07, 6.45) is 2.07. The Morgan fingerprint density at radius 1 is 1.33 bits per heavy atom. The molecule has 0 bridgehead atoms. The van der Waals surface area contributed by atoms with Gasteiger partial charge in [0.05, 0.1) is 7.11 Å². The van der Waals surface area contributed by atoms with Crippen LogP contribution in [-0.4, -0.2) is 25.3 Å². The summed E-state index contributed by atoms with van der Waals surface area (Å²) in [5.41, 5.74) is -0.0706. The molecule has 5 heteroatoms. The molecule has 2 N–H and O–H groups in total. The number of phenolic OH excluding ortho intramolecular Hbond substituents is 1. The van der Waals surface area contributed by atoms with E-state index in [0.29, 0.717) is 6.42 Å². The number of phenols is 1.